The Morgan fingerprint density at radius 2 is 1.97 bits per heavy atom. The van der Waals surface area contributed by atoms with Crippen LogP contribution >= 0.6 is 0 Å². The van der Waals surface area contributed by atoms with Crippen LogP contribution in [0.3, 0.4) is 0 Å². The van der Waals surface area contributed by atoms with Crippen molar-refractivity contribution in [3.05, 3.63) is 59.5 Å². The molecule has 2 aromatic rings. The number of aromatic nitrogens is 1. The second-order valence-electron chi connectivity index (χ2n) is 7.49. The fourth-order valence-corrected chi connectivity index (χ4v) is 3.69. The lowest BCUT2D eigenvalue weighted by molar-refractivity contribution is -0.131. The third-order valence-electron chi connectivity index (χ3n) is 5.37. The minimum Gasteiger partial charge on any atom is -0.384 e. The van der Waals surface area contributed by atoms with Gasteiger partial charge in [-0.3, -0.25) is 14.5 Å². The number of carbonyl (C=O) groups excluding carboxylic acids is 2. The summed E-state index contributed by atoms with van der Waals surface area (Å²) in [6.45, 7) is 3.96. The molecule has 1 aromatic heterocycles. The molecule has 0 bridgehead atoms. The topological polar surface area (TPSA) is 100 Å². The first kappa shape index (κ1) is 21.7. The molecule has 30 heavy (non-hydrogen) atoms. The lowest BCUT2D eigenvalue weighted by Gasteiger charge is -2.25. The zero-order chi connectivity index (χ0) is 21.5. The maximum absolute atomic E-state index is 13.2. The Hall–Kier alpha value is -3.00. The van der Waals surface area contributed by atoms with E-state index in [1.807, 2.05) is 6.92 Å². The number of anilines is 1. The summed E-state index contributed by atoms with van der Waals surface area (Å²) in [5, 5.41) is 5.76. The van der Waals surface area contributed by atoms with E-state index in [1.54, 1.807) is 30.5 Å². The molecule has 2 atom stereocenters. The van der Waals surface area contributed by atoms with Crippen LogP contribution in [0.2, 0.25) is 0 Å². The van der Waals surface area contributed by atoms with Crippen LogP contribution in [0.1, 0.15) is 30.9 Å². The van der Waals surface area contributed by atoms with Gasteiger partial charge in [-0.1, -0.05) is 25.1 Å². The smallest absolute Gasteiger partial charge is 0.243 e. The SMILES string of the molecule is CCN1CCC[C@@H]1C(=O)N[C@@H](Cc1ccc(F)cc1)C(=O)NCc1ccc(N)nc1. The van der Waals surface area contributed by atoms with Gasteiger partial charge in [0, 0.05) is 19.2 Å². The van der Waals surface area contributed by atoms with Crippen LogP contribution in [0.25, 0.3) is 0 Å². The van der Waals surface area contributed by atoms with Gasteiger partial charge in [-0.05, 0) is 55.3 Å². The van der Waals surface area contributed by atoms with Gasteiger partial charge >= 0.3 is 0 Å². The van der Waals surface area contributed by atoms with Crippen molar-refractivity contribution >= 4 is 17.6 Å². The first-order valence-corrected chi connectivity index (χ1v) is 10.2. The van der Waals surface area contributed by atoms with Crippen molar-refractivity contribution in [2.45, 2.75) is 44.8 Å². The van der Waals surface area contributed by atoms with Crippen LogP contribution in [-0.2, 0) is 22.6 Å². The monoisotopic (exact) mass is 413 g/mol. The second kappa shape index (κ2) is 10.2. The minimum absolute atomic E-state index is 0.147. The van der Waals surface area contributed by atoms with E-state index < -0.39 is 6.04 Å². The van der Waals surface area contributed by atoms with E-state index in [0.717, 1.165) is 37.1 Å². The van der Waals surface area contributed by atoms with E-state index in [9.17, 15) is 14.0 Å². The number of nitrogens with zero attached hydrogens (tertiary/aromatic N) is 2. The summed E-state index contributed by atoms with van der Waals surface area (Å²) in [5.41, 5.74) is 7.16. The molecule has 8 heteroatoms. The molecule has 160 valence electrons. The van der Waals surface area contributed by atoms with E-state index in [2.05, 4.69) is 20.5 Å². The molecule has 7 nitrogen and oxygen atoms in total. The number of likely N-dealkylation sites (N-methyl/N-ethyl adjacent to an activating group) is 1. The first-order chi connectivity index (χ1) is 14.5. The van der Waals surface area contributed by atoms with E-state index in [-0.39, 0.29) is 36.6 Å². The van der Waals surface area contributed by atoms with Crippen LogP contribution < -0.4 is 16.4 Å². The molecule has 2 amide bonds. The largest absolute Gasteiger partial charge is 0.384 e. The van der Waals surface area contributed by atoms with Gasteiger partial charge in [0.05, 0.1) is 6.04 Å². The Balaban J connectivity index is 1.68. The van der Waals surface area contributed by atoms with Gasteiger partial charge in [-0.2, -0.15) is 0 Å². The average molecular weight is 413 g/mol. The summed E-state index contributed by atoms with van der Waals surface area (Å²) in [6.07, 6.45) is 3.62. The quantitative estimate of drug-likeness (QED) is 0.611. The van der Waals surface area contributed by atoms with Gasteiger partial charge in [0.15, 0.2) is 0 Å². The van der Waals surface area contributed by atoms with Gasteiger partial charge < -0.3 is 16.4 Å². The number of likely N-dealkylation sites (tertiary alicyclic amines) is 1. The van der Waals surface area contributed by atoms with Crippen molar-refractivity contribution in [3.63, 3.8) is 0 Å². The number of halogens is 1. The molecular formula is C22H28FN5O2. The van der Waals surface area contributed by atoms with Gasteiger partial charge in [-0.15, -0.1) is 0 Å². The maximum Gasteiger partial charge on any atom is 0.243 e. The van der Waals surface area contributed by atoms with Crippen molar-refractivity contribution < 1.29 is 14.0 Å². The molecule has 1 aliphatic rings. The number of nitrogen functional groups attached to an aromatic ring is 1. The number of hydrogen-bond donors (Lipinski definition) is 3. The molecule has 0 spiro atoms. The molecule has 1 aliphatic heterocycles. The molecule has 1 aromatic carbocycles. The van der Waals surface area contributed by atoms with Crippen LogP contribution in [0.4, 0.5) is 10.2 Å². The van der Waals surface area contributed by atoms with Crippen molar-refractivity contribution in [1.29, 1.82) is 0 Å². The van der Waals surface area contributed by atoms with Crippen molar-refractivity contribution in [1.82, 2.24) is 20.5 Å². The Morgan fingerprint density at radius 1 is 1.23 bits per heavy atom. The number of benzene rings is 1. The molecule has 4 N–H and O–H groups in total. The molecule has 2 heterocycles. The van der Waals surface area contributed by atoms with Crippen molar-refractivity contribution in [3.8, 4) is 0 Å². The third kappa shape index (κ3) is 5.76. The van der Waals surface area contributed by atoms with Crippen LogP contribution in [0, 0.1) is 5.82 Å². The number of hydrogen-bond acceptors (Lipinski definition) is 5. The van der Waals surface area contributed by atoms with Crippen molar-refractivity contribution in [2.24, 2.45) is 0 Å². The fraction of sp³-hybridized carbons (Fsp3) is 0.409. The predicted octanol–water partition coefficient (Wildman–Crippen LogP) is 1.63. The zero-order valence-electron chi connectivity index (χ0n) is 17.1. The summed E-state index contributed by atoms with van der Waals surface area (Å²) in [5.74, 6) is -0.385. The van der Waals surface area contributed by atoms with E-state index in [4.69, 9.17) is 5.73 Å². The highest BCUT2D eigenvalue weighted by Gasteiger charge is 2.32. The Labute approximate surface area is 175 Å². The normalized spacial score (nSPS) is 17.5. The highest BCUT2D eigenvalue weighted by molar-refractivity contribution is 5.90. The van der Waals surface area contributed by atoms with Gasteiger partial charge in [0.2, 0.25) is 11.8 Å². The summed E-state index contributed by atoms with van der Waals surface area (Å²) in [6, 6.07) is 8.42. The molecule has 0 saturated carbocycles. The molecule has 3 rings (SSSR count). The van der Waals surface area contributed by atoms with Gasteiger partial charge in [0.1, 0.15) is 17.7 Å². The number of rotatable bonds is 8. The first-order valence-electron chi connectivity index (χ1n) is 10.2. The van der Waals surface area contributed by atoms with Crippen LogP contribution in [0.15, 0.2) is 42.6 Å². The third-order valence-corrected chi connectivity index (χ3v) is 5.37. The van der Waals surface area contributed by atoms with Gasteiger partial charge in [0.25, 0.3) is 0 Å². The fourth-order valence-electron chi connectivity index (χ4n) is 3.69. The number of pyridine rings is 1. The lowest BCUT2D eigenvalue weighted by atomic mass is 10.0. The zero-order valence-corrected chi connectivity index (χ0v) is 17.1. The van der Waals surface area contributed by atoms with Gasteiger partial charge in [-0.25, -0.2) is 9.37 Å². The Bertz CT molecular complexity index is 857. The highest BCUT2D eigenvalue weighted by atomic mass is 19.1. The standard InChI is InChI=1S/C22H28FN5O2/c1-2-28-11-3-4-19(28)22(30)27-18(12-15-5-8-17(23)9-6-15)21(29)26-14-16-7-10-20(24)25-13-16/h5-10,13,18-19H,2-4,11-12,14H2,1H3,(H2,24,25)(H,26,29)(H,27,30)/t18-,19+/m0/s1. The number of carbonyl (C=O) groups is 2. The highest BCUT2D eigenvalue weighted by Crippen LogP contribution is 2.17. The average Bonchev–Trinajstić information content (AvgIpc) is 3.23. The molecule has 1 fully saturated rings. The lowest BCUT2D eigenvalue weighted by Crippen LogP contribution is -2.53. The molecule has 0 aliphatic carbocycles. The summed E-state index contributed by atoms with van der Waals surface area (Å²) < 4.78 is 13.2. The molecule has 0 unspecified atom stereocenters. The van der Waals surface area contributed by atoms with Crippen LogP contribution in [0.5, 0.6) is 0 Å². The Morgan fingerprint density at radius 3 is 2.63 bits per heavy atom. The second-order valence-corrected chi connectivity index (χ2v) is 7.49. The van der Waals surface area contributed by atoms with E-state index >= 15 is 0 Å². The maximum atomic E-state index is 13.2. The number of nitrogens with two attached hydrogens (primary N) is 1. The predicted molar refractivity (Wildman–Crippen MR) is 113 cm³/mol. The summed E-state index contributed by atoms with van der Waals surface area (Å²) >= 11 is 0. The summed E-state index contributed by atoms with van der Waals surface area (Å²) in [7, 11) is 0. The van der Waals surface area contributed by atoms with E-state index in [0.29, 0.717) is 5.82 Å². The number of nitrogens with one attached hydrogen (secondary N) is 2. The molecule has 0 radical (unpaired) electrons. The van der Waals surface area contributed by atoms with E-state index in [1.165, 1.54) is 12.1 Å². The Kier molecular flexibility index (Phi) is 7.35. The van der Waals surface area contributed by atoms with Crippen molar-refractivity contribution in [2.75, 3.05) is 18.8 Å². The minimum atomic E-state index is -0.760. The molecular weight excluding hydrogens is 385 g/mol. The summed E-state index contributed by atoms with van der Waals surface area (Å²) in [4.78, 5) is 31.9. The molecule has 1 saturated heterocycles. The number of amides is 2. The van der Waals surface area contributed by atoms with Crippen LogP contribution in [-0.4, -0.2) is 46.9 Å².